The van der Waals surface area contributed by atoms with Crippen molar-refractivity contribution in [2.75, 3.05) is 13.2 Å². The third-order valence-electron chi connectivity index (χ3n) is 6.85. The van der Waals surface area contributed by atoms with E-state index in [4.69, 9.17) is 9.47 Å². The molecule has 2 atom stereocenters. The molecule has 4 nitrogen and oxygen atoms in total. The Morgan fingerprint density at radius 2 is 0.857 bits per heavy atom. The molecular weight excluding hydrogens is 520 g/mol. The molecule has 0 spiro atoms. The smallest absolute Gasteiger partial charge is 0.120 e. The highest BCUT2D eigenvalue weighted by Gasteiger charge is 2.07. The van der Waals surface area contributed by atoms with E-state index in [1.165, 1.54) is 32.7 Å². The summed E-state index contributed by atoms with van der Waals surface area (Å²) < 4.78 is 11.0. The summed E-state index contributed by atoms with van der Waals surface area (Å²) in [4.78, 5) is 0. The minimum Gasteiger partial charge on any atom is -0.491 e. The fourth-order valence-electron chi connectivity index (χ4n) is 4.89. The predicted molar refractivity (Wildman–Crippen MR) is 173 cm³/mol. The van der Waals surface area contributed by atoms with Crippen LogP contribution < -0.4 is 9.47 Å². The summed E-state index contributed by atoms with van der Waals surface area (Å²) >= 11 is 0. The molecule has 0 bridgehead atoms. The first-order valence-corrected chi connectivity index (χ1v) is 14.3. The van der Waals surface area contributed by atoms with E-state index in [1.54, 1.807) is 13.8 Å². The topological polar surface area (TPSA) is 58.9 Å². The molecule has 6 aromatic rings. The van der Waals surface area contributed by atoms with Crippen molar-refractivity contribution in [3.63, 3.8) is 0 Å². The number of aliphatic hydroxyl groups excluding tert-OH is 2. The van der Waals surface area contributed by atoms with Gasteiger partial charge in [0.15, 0.2) is 0 Å². The lowest BCUT2D eigenvalue weighted by Gasteiger charge is -2.11. The Kier molecular flexibility index (Phi) is 9.50. The predicted octanol–water partition coefficient (Wildman–Crippen LogP) is 8.53. The van der Waals surface area contributed by atoms with Crippen LogP contribution in [-0.2, 0) is 0 Å². The van der Waals surface area contributed by atoms with Crippen LogP contribution >= 0.6 is 0 Å². The second kappa shape index (κ2) is 13.8. The van der Waals surface area contributed by atoms with E-state index in [-0.39, 0.29) is 13.2 Å². The Morgan fingerprint density at radius 1 is 0.476 bits per heavy atom. The van der Waals surface area contributed by atoms with Crippen LogP contribution in [0.3, 0.4) is 0 Å². The van der Waals surface area contributed by atoms with Gasteiger partial charge in [0.2, 0.25) is 0 Å². The number of hydrogen-bond donors (Lipinski definition) is 2. The second-order valence-electron chi connectivity index (χ2n) is 10.4. The van der Waals surface area contributed by atoms with Crippen LogP contribution in [-0.4, -0.2) is 35.6 Å². The summed E-state index contributed by atoms with van der Waals surface area (Å²) in [6, 6.07) is 45.6. The second-order valence-corrected chi connectivity index (χ2v) is 10.4. The maximum Gasteiger partial charge on any atom is 0.120 e. The Morgan fingerprint density at radius 3 is 1.29 bits per heavy atom. The number of rotatable bonds is 8. The zero-order chi connectivity index (χ0) is 29.3. The molecular formula is C38H36O4. The SMILES string of the molecule is CC(O)COc1cccc(-c2cccc(OCC(C)O)c2)c1.c1ccc2c(-c3cccc4ccccc34)cccc2c1. The molecule has 6 aromatic carbocycles. The summed E-state index contributed by atoms with van der Waals surface area (Å²) in [6.07, 6.45) is -0.998. The van der Waals surface area contributed by atoms with Crippen LogP contribution in [0.1, 0.15) is 13.8 Å². The number of ether oxygens (including phenoxy) is 2. The summed E-state index contributed by atoms with van der Waals surface area (Å²) in [5.74, 6) is 1.43. The largest absolute Gasteiger partial charge is 0.491 e. The number of fused-ring (bicyclic) bond motifs is 2. The molecule has 0 saturated carbocycles. The minimum absolute atomic E-state index is 0.265. The maximum atomic E-state index is 9.28. The first kappa shape index (κ1) is 28.9. The molecule has 2 N–H and O–H groups in total. The standard InChI is InChI=1S/C20H14.C18H22O4/c1-3-11-17-15(7-1)9-5-13-19(17)20-14-6-10-16-8-2-4-12-18(16)20;1-13(19)11-21-17-7-3-5-15(9-17)16-6-4-8-18(10-16)22-12-14(2)20/h1-14H;3-10,13-14,19-20H,11-12H2,1-2H3. The molecule has 0 fully saturated rings. The van der Waals surface area contributed by atoms with E-state index in [0.717, 1.165) is 11.1 Å². The van der Waals surface area contributed by atoms with Crippen molar-refractivity contribution in [2.45, 2.75) is 26.1 Å². The van der Waals surface area contributed by atoms with Gasteiger partial charge in [-0.1, -0.05) is 109 Å². The highest BCUT2D eigenvalue weighted by molar-refractivity contribution is 6.05. The number of hydrogen-bond acceptors (Lipinski definition) is 4. The highest BCUT2D eigenvalue weighted by Crippen LogP contribution is 2.33. The fourth-order valence-corrected chi connectivity index (χ4v) is 4.89. The van der Waals surface area contributed by atoms with Gasteiger partial charge in [-0.3, -0.25) is 0 Å². The zero-order valence-corrected chi connectivity index (χ0v) is 24.0. The van der Waals surface area contributed by atoms with Gasteiger partial charge in [-0.25, -0.2) is 0 Å². The molecule has 6 rings (SSSR count). The molecule has 0 heterocycles. The summed E-state index contributed by atoms with van der Waals surface area (Å²) in [5, 5.41) is 23.8. The summed E-state index contributed by atoms with van der Waals surface area (Å²) in [5.41, 5.74) is 4.62. The van der Waals surface area contributed by atoms with Crippen LogP contribution in [0.2, 0.25) is 0 Å². The Hall–Kier alpha value is -4.64. The lowest BCUT2D eigenvalue weighted by molar-refractivity contribution is 0.122. The van der Waals surface area contributed by atoms with Gasteiger partial charge in [0, 0.05) is 0 Å². The Labute approximate surface area is 247 Å². The molecule has 0 aliphatic rings. The van der Waals surface area contributed by atoms with E-state index < -0.39 is 12.2 Å². The summed E-state index contributed by atoms with van der Waals surface area (Å²) in [7, 11) is 0. The van der Waals surface area contributed by atoms with Gasteiger partial charge in [0.1, 0.15) is 24.7 Å². The molecule has 0 amide bonds. The van der Waals surface area contributed by atoms with Gasteiger partial charge in [0.25, 0.3) is 0 Å². The first-order chi connectivity index (χ1) is 20.5. The number of aliphatic hydroxyl groups is 2. The van der Waals surface area contributed by atoms with Gasteiger partial charge < -0.3 is 19.7 Å². The first-order valence-electron chi connectivity index (χ1n) is 14.3. The maximum absolute atomic E-state index is 9.28. The average Bonchev–Trinajstić information content (AvgIpc) is 3.03. The van der Waals surface area contributed by atoms with Gasteiger partial charge in [-0.15, -0.1) is 0 Å². The Balaban J connectivity index is 0.000000168. The quantitative estimate of drug-likeness (QED) is 0.197. The van der Waals surface area contributed by atoms with Crippen molar-refractivity contribution < 1.29 is 19.7 Å². The van der Waals surface area contributed by atoms with Crippen molar-refractivity contribution in [1.29, 1.82) is 0 Å². The van der Waals surface area contributed by atoms with Crippen molar-refractivity contribution in [2.24, 2.45) is 0 Å². The van der Waals surface area contributed by atoms with E-state index in [9.17, 15) is 10.2 Å². The molecule has 0 aliphatic heterocycles. The van der Waals surface area contributed by atoms with Crippen LogP contribution in [0.25, 0.3) is 43.8 Å². The van der Waals surface area contributed by atoms with E-state index in [0.29, 0.717) is 11.5 Å². The van der Waals surface area contributed by atoms with Gasteiger partial charge in [-0.05, 0) is 81.9 Å². The summed E-state index contributed by atoms with van der Waals surface area (Å²) in [6.45, 7) is 3.90. The lowest BCUT2D eigenvalue weighted by Crippen LogP contribution is -2.12. The molecule has 0 aromatic heterocycles. The number of benzene rings is 6. The van der Waals surface area contributed by atoms with Crippen molar-refractivity contribution in [3.8, 4) is 33.8 Å². The third kappa shape index (κ3) is 7.35. The van der Waals surface area contributed by atoms with Crippen molar-refractivity contribution in [3.05, 3.63) is 133 Å². The molecule has 212 valence electrons. The zero-order valence-electron chi connectivity index (χ0n) is 24.0. The molecule has 0 saturated heterocycles. The third-order valence-corrected chi connectivity index (χ3v) is 6.85. The molecule has 2 unspecified atom stereocenters. The fraction of sp³-hybridized carbons (Fsp3) is 0.158. The van der Waals surface area contributed by atoms with Crippen LogP contribution in [0.4, 0.5) is 0 Å². The normalized spacial score (nSPS) is 12.3. The van der Waals surface area contributed by atoms with Crippen molar-refractivity contribution >= 4 is 21.5 Å². The Bertz CT molecular complexity index is 1610. The van der Waals surface area contributed by atoms with Crippen LogP contribution in [0.5, 0.6) is 11.5 Å². The molecule has 42 heavy (non-hydrogen) atoms. The van der Waals surface area contributed by atoms with Crippen molar-refractivity contribution in [1.82, 2.24) is 0 Å². The lowest BCUT2D eigenvalue weighted by atomic mass is 9.94. The average molecular weight is 557 g/mol. The minimum atomic E-state index is -0.499. The van der Waals surface area contributed by atoms with E-state index in [2.05, 4.69) is 84.9 Å². The molecule has 0 aliphatic carbocycles. The molecule has 4 heteroatoms. The van der Waals surface area contributed by atoms with Crippen LogP contribution in [0.15, 0.2) is 133 Å². The van der Waals surface area contributed by atoms with Gasteiger partial charge in [-0.2, -0.15) is 0 Å². The van der Waals surface area contributed by atoms with Crippen LogP contribution in [0, 0.1) is 0 Å². The van der Waals surface area contributed by atoms with E-state index in [1.807, 2.05) is 48.5 Å². The monoisotopic (exact) mass is 556 g/mol. The molecule has 0 radical (unpaired) electrons. The van der Waals surface area contributed by atoms with Gasteiger partial charge in [0.05, 0.1) is 12.2 Å². The van der Waals surface area contributed by atoms with E-state index >= 15 is 0 Å². The highest BCUT2D eigenvalue weighted by atomic mass is 16.5. The van der Waals surface area contributed by atoms with Gasteiger partial charge >= 0.3 is 0 Å².